The van der Waals surface area contributed by atoms with Crippen molar-refractivity contribution in [2.75, 3.05) is 0 Å². The van der Waals surface area contributed by atoms with E-state index in [0.29, 0.717) is 0 Å². The fourth-order valence-electron chi connectivity index (χ4n) is 3.00. The Hall–Kier alpha value is -1.85. The molecule has 2 aromatic carbocycles. The second-order valence-corrected chi connectivity index (χ2v) is 7.07. The first-order valence-electron chi connectivity index (χ1n) is 6.85. The molecule has 0 aliphatic heterocycles. The van der Waals surface area contributed by atoms with E-state index in [9.17, 15) is 13.0 Å². The van der Waals surface area contributed by atoms with Crippen molar-refractivity contribution in [2.24, 2.45) is 5.92 Å². The largest absolute Gasteiger partial charge is 0.320 e. The van der Waals surface area contributed by atoms with Crippen LogP contribution in [0.15, 0.2) is 48.5 Å². The molecule has 0 spiro atoms. The second kappa shape index (κ2) is 4.86. The molecule has 1 atom stereocenters. The zero-order valence-electron chi connectivity index (χ0n) is 11.9. The van der Waals surface area contributed by atoms with Gasteiger partial charge in [0.25, 0.3) is 10.1 Å². The molecule has 0 saturated heterocycles. The standard InChI is InChI=1S/C16H17NO3S/c1-11(2)16(21(18,19)20)17-14-9-5-3-7-12(14)13-8-4-6-10-15(13)17/h3-11,16H,1-2H3,(H,18,19,20). The first-order chi connectivity index (χ1) is 9.91. The zero-order valence-corrected chi connectivity index (χ0v) is 12.7. The van der Waals surface area contributed by atoms with Crippen LogP contribution in [0.5, 0.6) is 0 Å². The van der Waals surface area contributed by atoms with Crippen LogP contribution in [0.25, 0.3) is 21.8 Å². The Bertz CT molecular complexity index is 856. The number of rotatable bonds is 3. The molecule has 1 aromatic heterocycles. The highest BCUT2D eigenvalue weighted by Gasteiger charge is 2.31. The molecule has 0 amide bonds. The lowest BCUT2D eigenvalue weighted by atomic mass is 10.2. The van der Waals surface area contributed by atoms with Gasteiger partial charge in [-0.1, -0.05) is 50.2 Å². The molecule has 1 N–H and O–H groups in total. The van der Waals surface area contributed by atoms with Gasteiger partial charge in [-0.3, -0.25) is 4.55 Å². The average molecular weight is 303 g/mol. The minimum absolute atomic E-state index is 0.251. The van der Waals surface area contributed by atoms with Crippen molar-refractivity contribution in [1.82, 2.24) is 4.57 Å². The van der Waals surface area contributed by atoms with Crippen molar-refractivity contribution in [3.05, 3.63) is 48.5 Å². The van der Waals surface area contributed by atoms with Gasteiger partial charge < -0.3 is 4.57 Å². The molecule has 4 nitrogen and oxygen atoms in total. The number of nitrogens with zero attached hydrogens (tertiary/aromatic N) is 1. The maximum absolute atomic E-state index is 11.9. The second-order valence-electron chi connectivity index (χ2n) is 5.55. The Balaban J connectivity index is 2.49. The highest BCUT2D eigenvalue weighted by Crippen LogP contribution is 2.36. The molecule has 1 unspecified atom stereocenters. The average Bonchev–Trinajstić information content (AvgIpc) is 2.73. The van der Waals surface area contributed by atoms with Crippen LogP contribution < -0.4 is 0 Å². The van der Waals surface area contributed by atoms with Crippen molar-refractivity contribution in [2.45, 2.75) is 19.2 Å². The molecule has 0 aliphatic carbocycles. The number of hydrogen-bond donors (Lipinski definition) is 1. The fourth-order valence-corrected chi connectivity index (χ4v) is 4.18. The highest BCUT2D eigenvalue weighted by atomic mass is 32.2. The minimum Gasteiger partial charge on any atom is -0.320 e. The molecule has 110 valence electrons. The maximum atomic E-state index is 11.9. The first-order valence-corrected chi connectivity index (χ1v) is 8.35. The summed E-state index contributed by atoms with van der Waals surface area (Å²) < 4.78 is 35.2. The van der Waals surface area contributed by atoms with Gasteiger partial charge in [0.15, 0.2) is 5.37 Å². The van der Waals surface area contributed by atoms with Crippen molar-refractivity contribution < 1.29 is 13.0 Å². The Morgan fingerprint density at radius 1 is 0.905 bits per heavy atom. The summed E-state index contributed by atoms with van der Waals surface area (Å²) in [5, 5.41) is 0.979. The summed E-state index contributed by atoms with van der Waals surface area (Å²) >= 11 is 0. The predicted octanol–water partition coefficient (Wildman–Crippen LogP) is 3.84. The Kier molecular flexibility index (Phi) is 3.26. The van der Waals surface area contributed by atoms with Gasteiger partial charge >= 0.3 is 0 Å². The third kappa shape index (κ3) is 2.22. The third-order valence-corrected chi connectivity index (χ3v) is 5.11. The Labute approximate surface area is 123 Å². The summed E-state index contributed by atoms with van der Waals surface area (Å²) in [4.78, 5) is 0. The summed E-state index contributed by atoms with van der Waals surface area (Å²) in [6, 6.07) is 15.3. The van der Waals surface area contributed by atoms with E-state index >= 15 is 0 Å². The number of benzene rings is 2. The summed E-state index contributed by atoms with van der Waals surface area (Å²) in [6.07, 6.45) is 0. The molecular weight excluding hydrogens is 286 g/mol. The highest BCUT2D eigenvalue weighted by molar-refractivity contribution is 7.85. The van der Waals surface area contributed by atoms with Gasteiger partial charge in [0, 0.05) is 10.8 Å². The quantitative estimate of drug-likeness (QED) is 0.748. The molecule has 0 saturated carbocycles. The Morgan fingerprint density at radius 3 is 1.71 bits per heavy atom. The van der Waals surface area contributed by atoms with Crippen LogP contribution >= 0.6 is 0 Å². The molecular formula is C16H17NO3S. The van der Waals surface area contributed by atoms with Gasteiger partial charge in [0.1, 0.15) is 0 Å². The van der Waals surface area contributed by atoms with Crippen LogP contribution in [-0.2, 0) is 10.1 Å². The minimum atomic E-state index is -4.21. The molecule has 21 heavy (non-hydrogen) atoms. The fraction of sp³-hybridized carbons (Fsp3) is 0.250. The number of fused-ring (bicyclic) bond motifs is 3. The molecule has 0 aliphatic rings. The summed E-state index contributed by atoms with van der Waals surface area (Å²) in [7, 11) is -4.21. The summed E-state index contributed by atoms with van der Waals surface area (Å²) in [5.74, 6) is -0.251. The van der Waals surface area contributed by atoms with Gasteiger partial charge in [0.05, 0.1) is 11.0 Å². The van der Waals surface area contributed by atoms with Crippen LogP contribution in [0.4, 0.5) is 0 Å². The number of aromatic nitrogens is 1. The lowest BCUT2D eigenvalue weighted by Crippen LogP contribution is -2.24. The topological polar surface area (TPSA) is 59.3 Å². The number of hydrogen-bond acceptors (Lipinski definition) is 2. The van der Waals surface area contributed by atoms with E-state index in [4.69, 9.17) is 0 Å². The van der Waals surface area contributed by atoms with Crippen LogP contribution in [-0.4, -0.2) is 17.5 Å². The van der Waals surface area contributed by atoms with Crippen LogP contribution in [0, 0.1) is 5.92 Å². The molecule has 3 rings (SSSR count). The van der Waals surface area contributed by atoms with Gasteiger partial charge in [-0.15, -0.1) is 0 Å². The Morgan fingerprint density at radius 2 is 1.33 bits per heavy atom. The zero-order chi connectivity index (χ0) is 15.2. The van der Waals surface area contributed by atoms with Crippen molar-refractivity contribution >= 4 is 31.9 Å². The van der Waals surface area contributed by atoms with Gasteiger partial charge in [-0.05, 0) is 18.1 Å². The van der Waals surface area contributed by atoms with Crippen molar-refractivity contribution in [3.63, 3.8) is 0 Å². The van der Waals surface area contributed by atoms with Crippen molar-refractivity contribution in [1.29, 1.82) is 0 Å². The van der Waals surface area contributed by atoms with Crippen LogP contribution in [0.1, 0.15) is 19.2 Å². The third-order valence-electron chi connectivity index (χ3n) is 3.75. The van der Waals surface area contributed by atoms with E-state index < -0.39 is 15.5 Å². The van der Waals surface area contributed by atoms with Gasteiger partial charge in [-0.2, -0.15) is 8.42 Å². The lowest BCUT2D eigenvalue weighted by molar-refractivity contribution is 0.409. The lowest BCUT2D eigenvalue weighted by Gasteiger charge is -2.21. The van der Waals surface area contributed by atoms with E-state index in [0.717, 1.165) is 21.8 Å². The molecule has 0 radical (unpaired) electrons. The van der Waals surface area contributed by atoms with E-state index in [1.165, 1.54) is 0 Å². The van der Waals surface area contributed by atoms with E-state index in [-0.39, 0.29) is 5.92 Å². The maximum Gasteiger partial charge on any atom is 0.286 e. The van der Waals surface area contributed by atoms with E-state index in [1.54, 1.807) is 18.4 Å². The van der Waals surface area contributed by atoms with Crippen LogP contribution in [0.2, 0.25) is 0 Å². The SMILES string of the molecule is CC(C)C(n1c2ccccc2c2ccccc21)S(=O)(=O)O. The molecule has 3 aromatic rings. The summed E-state index contributed by atoms with van der Waals surface area (Å²) in [5.41, 5.74) is 1.63. The van der Waals surface area contributed by atoms with Gasteiger partial charge in [-0.25, -0.2) is 0 Å². The normalized spacial score (nSPS) is 14.1. The molecule has 1 heterocycles. The van der Waals surface area contributed by atoms with E-state index in [1.807, 2.05) is 48.5 Å². The predicted molar refractivity (Wildman–Crippen MR) is 84.9 cm³/mol. The van der Waals surface area contributed by atoms with E-state index in [2.05, 4.69) is 0 Å². The smallest absolute Gasteiger partial charge is 0.286 e. The molecule has 5 heteroatoms. The van der Waals surface area contributed by atoms with Crippen LogP contribution in [0.3, 0.4) is 0 Å². The van der Waals surface area contributed by atoms with Gasteiger partial charge in [0.2, 0.25) is 0 Å². The first kappa shape index (κ1) is 14.1. The molecule has 0 bridgehead atoms. The molecule has 0 fully saturated rings. The number of para-hydroxylation sites is 2. The monoisotopic (exact) mass is 303 g/mol. The summed E-state index contributed by atoms with van der Waals surface area (Å²) in [6.45, 7) is 3.59. The van der Waals surface area contributed by atoms with Crippen molar-refractivity contribution in [3.8, 4) is 0 Å².